The Bertz CT molecular complexity index is 1390. The fourth-order valence-corrected chi connectivity index (χ4v) is 4.75. The van der Waals surface area contributed by atoms with Crippen molar-refractivity contribution in [3.63, 3.8) is 0 Å². The Hall–Kier alpha value is -3.77. The summed E-state index contributed by atoms with van der Waals surface area (Å²) in [6.07, 6.45) is 11.1. The van der Waals surface area contributed by atoms with Gasteiger partial charge >= 0.3 is 0 Å². The van der Waals surface area contributed by atoms with Gasteiger partial charge in [0.2, 0.25) is 6.33 Å². The van der Waals surface area contributed by atoms with Crippen LogP contribution in [0.4, 0.5) is 0 Å². The lowest BCUT2D eigenvalue weighted by atomic mass is 9.88. The van der Waals surface area contributed by atoms with Gasteiger partial charge in [0.15, 0.2) is 5.65 Å². The minimum absolute atomic E-state index is 0.640. The standard InChI is InChI=1S/C27H25N6/c1-19-2-8-24(9-3-19)33-17-23(16-30-33)26-25(12-15-32-27(26)29-18-31-32)22-6-4-20(5-7-22)21-10-13-28-14-11-21/h2-9,12,15-17,21,28H,10-11,13-14H2,1H3. The molecule has 1 fully saturated rings. The normalized spacial score (nSPS) is 14.7. The van der Waals surface area contributed by atoms with Crippen molar-refractivity contribution in [1.29, 1.82) is 0 Å². The van der Waals surface area contributed by atoms with Gasteiger partial charge in [0.05, 0.1) is 11.9 Å². The molecule has 5 aromatic rings. The highest BCUT2D eigenvalue weighted by molar-refractivity contribution is 5.91. The zero-order valence-electron chi connectivity index (χ0n) is 18.6. The number of aryl methyl sites for hydroxylation is 1. The van der Waals surface area contributed by atoms with Crippen LogP contribution in [0.3, 0.4) is 0 Å². The fourth-order valence-electron chi connectivity index (χ4n) is 4.75. The fraction of sp³-hybridized carbons (Fsp3) is 0.222. The SMILES string of the molecule is Cc1ccc(-n2cc(-c3c(-c4ccc(C5CCNCC5)cc4)ccn4n[c]nc34)cn2)cc1. The molecule has 163 valence electrons. The largest absolute Gasteiger partial charge is 0.317 e. The molecule has 0 spiro atoms. The Kier molecular flexibility index (Phi) is 5.00. The first kappa shape index (κ1) is 19.9. The first-order chi connectivity index (χ1) is 16.3. The number of fused-ring (bicyclic) bond motifs is 1. The van der Waals surface area contributed by atoms with Crippen molar-refractivity contribution in [1.82, 2.24) is 29.7 Å². The molecule has 0 atom stereocenters. The zero-order chi connectivity index (χ0) is 22.2. The number of rotatable bonds is 4. The minimum Gasteiger partial charge on any atom is -0.317 e. The molecule has 1 N–H and O–H groups in total. The number of hydrogen-bond donors (Lipinski definition) is 1. The second kappa shape index (κ2) is 8.30. The van der Waals surface area contributed by atoms with Crippen molar-refractivity contribution in [2.45, 2.75) is 25.7 Å². The van der Waals surface area contributed by atoms with Crippen LogP contribution >= 0.6 is 0 Å². The monoisotopic (exact) mass is 433 g/mol. The molecule has 33 heavy (non-hydrogen) atoms. The Balaban J connectivity index is 1.42. The summed E-state index contributed by atoms with van der Waals surface area (Å²) in [7, 11) is 0. The lowest BCUT2D eigenvalue weighted by Crippen LogP contribution is -2.26. The van der Waals surface area contributed by atoms with Crippen LogP contribution in [0.2, 0.25) is 0 Å². The van der Waals surface area contributed by atoms with E-state index < -0.39 is 0 Å². The summed E-state index contributed by atoms with van der Waals surface area (Å²) in [5.41, 5.74) is 8.74. The highest BCUT2D eigenvalue weighted by Gasteiger charge is 2.18. The average Bonchev–Trinajstić information content (AvgIpc) is 3.55. The lowest BCUT2D eigenvalue weighted by Gasteiger charge is -2.23. The second-order valence-corrected chi connectivity index (χ2v) is 8.74. The average molecular weight is 434 g/mol. The van der Waals surface area contributed by atoms with Crippen molar-refractivity contribution in [2.75, 3.05) is 13.1 Å². The van der Waals surface area contributed by atoms with E-state index in [1.165, 1.54) is 24.0 Å². The number of nitrogens with one attached hydrogen (secondary N) is 1. The molecule has 0 aliphatic carbocycles. The minimum atomic E-state index is 0.640. The van der Waals surface area contributed by atoms with Crippen LogP contribution < -0.4 is 5.32 Å². The van der Waals surface area contributed by atoms with Crippen LogP contribution in [-0.2, 0) is 0 Å². The van der Waals surface area contributed by atoms with E-state index in [-0.39, 0.29) is 0 Å². The van der Waals surface area contributed by atoms with Crippen LogP contribution in [0.5, 0.6) is 0 Å². The molecule has 1 aliphatic rings. The number of piperidine rings is 1. The van der Waals surface area contributed by atoms with Crippen LogP contribution in [0.15, 0.2) is 73.2 Å². The molecular weight excluding hydrogens is 408 g/mol. The van der Waals surface area contributed by atoms with Crippen LogP contribution in [0.25, 0.3) is 33.6 Å². The van der Waals surface area contributed by atoms with Gasteiger partial charge in [-0.2, -0.15) is 5.10 Å². The quantitative estimate of drug-likeness (QED) is 0.441. The Morgan fingerprint density at radius 1 is 0.939 bits per heavy atom. The predicted octanol–water partition coefficient (Wildman–Crippen LogP) is 4.82. The third kappa shape index (κ3) is 3.72. The molecule has 4 heterocycles. The molecule has 2 aromatic carbocycles. The first-order valence-electron chi connectivity index (χ1n) is 11.4. The van der Waals surface area contributed by atoms with Gasteiger partial charge in [-0.05, 0) is 73.7 Å². The Morgan fingerprint density at radius 2 is 1.73 bits per heavy atom. The first-order valence-corrected chi connectivity index (χ1v) is 11.4. The van der Waals surface area contributed by atoms with Gasteiger partial charge in [-0.15, -0.1) is 5.10 Å². The van der Waals surface area contributed by atoms with Gasteiger partial charge < -0.3 is 5.32 Å². The van der Waals surface area contributed by atoms with E-state index in [4.69, 9.17) is 0 Å². The van der Waals surface area contributed by atoms with E-state index >= 15 is 0 Å². The number of pyridine rings is 1. The summed E-state index contributed by atoms with van der Waals surface area (Å²) in [6.45, 7) is 4.28. The van der Waals surface area contributed by atoms with Crippen LogP contribution in [0, 0.1) is 13.3 Å². The molecule has 0 bridgehead atoms. The molecule has 1 saturated heterocycles. The maximum absolute atomic E-state index is 4.64. The number of aromatic nitrogens is 5. The van der Waals surface area contributed by atoms with E-state index in [2.05, 4.69) is 94.5 Å². The predicted molar refractivity (Wildman–Crippen MR) is 129 cm³/mol. The molecule has 3 aromatic heterocycles. The van der Waals surface area contributed by atoms with Gasteiger partial charge in [0.1, 0.15) is 0 Å². The molecule has 6 heteroatoms. The molecular formula is C27H25N6. The summed E-state index contributed by atoms with van der Waals surface area (Å²) < 4.78 is 3.67. The van der Waals surface area contributed by atoms with E-state index in [9.17, 15) is 0 Å². The highest BCUT2D eigenvalue weighted by atomic mass is 15.3. The molecule has 1 aliphatic heterocycles. The van der Waals surface area contributed by atoms with E-state index in [1.54, 1.807) is 4.52 Å². The maximum Gasteiger partial charge on any atom is 0.221 e. The maximum atomic E-state index is 4.64. The number of benzene rings is 2. The summed E-state index contributed by atoms with van der Waals surface area (Å²) in [5, 5.41) is 12.3. The van der Waals surface area contributed by atoms with Crippen molar-refractivity contribution in [3.8, 4) is 27.9 Å². The molecule has 0 saturated carbocycles. The van der Waals surface area contributed by atoms with Crippen molar-refractivity contribution in [3.05, 3.63) is 90.6 Å². The summed E-state index contributed by atoms with van der Waals surface area (Å²) in [4.78, 5) is 4.45. The second-order valence-electron chi connectivity index (χ2n) is 8.74. The molecule has 1 radical (unpaired) electrons. The lowest BCUT2D eigenvalue weighted by molar-refractivity contribution is 0.460. The van der Waals surface area contributed by atoms with Gasteiger partial charge in [0.25, 0.3) is 0 Å². The van der Waals surface area contributed by atoms with E-state index in [1.807, 2.05) is 17.1 Å². The molecule has 0 amide bonds. The smallest absolute Gasteiger partial charge is 0.221 e. The van der Waals surface area contributed by atoms with Crippen molar-refractivity contribution < 1.29 is 0 Å². The third-order valence-corrected chi connectivity index (χ3v) is 6.60. The van der Waals surface area contributed by atoms with Gasteiger partial charge in [-0.1, -0.05) is 42.0 Å². The summed E-state index contributed by atoms with van der Waals surface area (Å²) >= 11 is 0. The van der Waals surface area contributed by atoms with Crippen LogP contribution in [0.1, 0.15) is 29.9 Å². The zero-order valence-corrected chi connectivity index (χ0v) is 18.6. The highest BCUT2D eigenvalue weighted by Crippen LogP contribution is 2.36. The van der Waals surface area contributed by atoms with Crippen LogP contribution in [-0.4, -0.2) is 37.5 Å². The number of hydrogen-bond acceptors (Lipinski definition) is 4. The topological polar surface area (TPSA) is 60.0 Å². The van der Waals surface area contributed by atoms with Crippen molar-refractivity contribution >= 4 is 5.65 Å². The number of nitrogens with zero attached hydrogens (tertiary/aromatic N) is 5. The molecule has 6 rings (SSSR count). The van der Waals surface area contributed by atoms with E-state index in [0.29, 0.717) is 5.92 Å². The van der Waals surface area contributed by atoms with Crippen molar-refractivity contribution in [2.24, 2.45) is 0 Å². The van der Waals surface area contributed by atoms with Gasteiger partial charge in [-0.3, -0.25) is 0 Å². The Labute approximate surface area is 192 Å². The molecule has 0 unspecified atom stereocenters. The molecule has 6 nitrogen and oxygen atoms in total. The van der Waals surface area contributed by atoms with Gasteiger partial charge in [0, 0.05) is 23.5 Å². The Morgan fingerprint density at radius 3 is 2.52 bits per heavy atom. The van der Waals surface area contributed by atoms with E-state index in [0.717, 1.165) is 46.7 Å². The summed E-state index contributed by atoms with van der Waals surface area (Å²) in [6, 6.07) is 19.5. The third-order valence-electron chi connectivity index (χ3n) is 6.60. The van der Waals surface area contributed by atoms with Gasteiger partial charge in [-0.25, -0.2) is 14.2 Å². The summed E-state index contributed by atoms with van der Waals surface area (Å²) in [5.74, 6) is 0.640.